The van der Waals surface area contributed by atoms with E-state index in [0.717, 1.165) is 12.0 Å². The molecule has 0 heterocycles. The van der Waals surface area contributed by atoms with Gasteiger partial charge in [-0.25, -0.2) is 0 Å². The SMILES string of the molecule is N/C=C\Nc1ccc(C=O)cc1. The summed E-state index contributed by atoms with van der Waals surface area (Å²) >= 11 is 0. The van der Waals surface area contributed by atoms with Crippen molar-refractivity contribution in [3.8, 4) is 0 Å². The van der Waals surface area contributed by atoms with Crippen molar-refractivity contribution in [1.29, 1.82) is 0 Å². The standard InChI is InChI=1S/C9H10N2O/c10-5-6-11-9-3-1-8(7-12)2-4-9/h1-7,11H,10H2/b6-5-. The number of carbonyl (C=O) groups is 1. The number of nitrogens with two attached hydrogens (primary N) is 1. The zero-order chi connectivity index (χ0) is 8.81. The highest BCUT2D eigenvalue weighted by Crippen LogP contribution is 2.07. The predicted octanol–water partition coefficient (Wildman–Crippen LogP) is 1.34. The highest BCUT2D eigenvalue weighted by atomic mass is 16.1. The first-order chi connectivity index (χ1) is 5.86. The van der Waals surface area contributed by atoms with Gasteiger partial charge in [-0.2, -0.15) is 0 Å². The molecule has 3 N–H and O–H groups in total. The number of aldehydes is 1. The monoisotopic (exact) mass is 162 g/mol. The normalized spacial score (nSPS) is 10.0. The minimum absolute atomic E-state index is 0.664. The quantitative estimate of drug-likeness (QED) is 0.659. The van der Waals surface area contributed by atoms with E-state index in [4.69, 9.17) is 5.73 Å². The Bertz CT molecular complexity index is 277. The third-order valence-corrected chi connectivity index (χ3v) is 1.39. The second kappa shape index (κ2) is 4.18. The molecule has 3 nitrogen and oxygen atoms in total. The molecular weight excluding hydrogens is 152 g/mol. The highest BCUT2D eigenvalue weighted by molar-refractivity contribution is 5.75. The Hall–Kier alpha value is -1.77. The lowest BCUT2D eigenvalue weighted by molar-refractivity contribution is 0.112. The molecular formula is C9H10N2O. The molecule has 0 fully saturated rings. The van der Waals surface area contributed by atoms with Crippen LogP contribution in [0.4, 0.5) is 5.69 Å². The summed E-state index contributed by atoms with van der Waals surface area (Å²) in [5.41, 5.74) is 6.70. The van der Waals surface area contributed by atoms with Crippen molar-refractivity contribution in [3.63, 3.8) is 0 Å². The van der Waals surface area contributed by atoms with E-state index in [1.165, 1.54) is 6.20 Å². The van der Waals surface area contributed by atoms with Crippen molar-refractivity contribution in [1.82, 2.24) is 0 Å². The van der Waals surface area contributed by atoms with Gasteiger partial charge >= 0.3 is 0 Å². The Morgan fingerprint density at radius 3 is 2.42 bits per heavy atom. The summed E-state index contributed by atoms with van der Waals surface area (Å²) in [7, 11) is 0. The summed E-state index contributed by atoms with van der Waals surface area (Å²) in [6.45, 7) is 0. The predicted molar refractivity (Wildman–Crippen MR) is 48.8 cm³/mol. The fourth-order valence-corrected chi connectivity index (χ4v) is 0.802. The van der Waals surface area contributed by atoms with Crippen LogP contribution in [0.1, 0.15) is 10.4 Å². The van der Waals surface area contributed by atoms with E-state index >= 15 is 0 Å². The molecule has 0 radical (unpaired) electrons. The van der Waals surface area contributed by atoms with Crippen molar-refractivity contribution in [2.75, 3.05) is 5.32 Å². The van der Waals surface area contributed by atoms with Gasteiger partial charge < -0.3 is 11.1 Å². The molecule has 3 heteroatoms. The average Bonchev–Trinajstić information content (AvgIpc) is 2.15. The van der Waals surface area contributed by atoms with Crippen LogP contribution >= 0.6 is 0 Å². The molecule has 1 aromatic rings. The molecule has 0 spiro atoms. The largest absolute Gasteiger partial charge is 0.403 e. The smallest absolute Gasteiger partial charge is 0.150 e. The third-order valence-electron chi connectivity index (χ3n) is 1.39. The van der Waals surface area contributed by atoms with Crippen LogP contribution in [0.3, 0.4) is 0 Å². The van der Waals surface area contributed by atoms with Crippen molar-refractivity contribution < 1.29 is 4.79 Å². The van der Waals surface area contributed by atoms with Crippen molar-refractivity contribution >= 4 is 12.0 Å². The van der Waals surface area contributed by atoms with Crippen LogP contribution in [0.25, 0.3) is 0 Å². The lowest BCUT2D eigenvalue weighted by Gasteiger charge is -1.98. The average molecular weight is 162 g/mol. The summed E-state index contributed by atoms with van der Waals surface area (Å²) in [5.74, 6) is 0. The molecule has 0 unspecified atom stereocenters. The Balaban J connectivity index is 2.70. The van der Waals surface area contributed by atoms with Gasteiger partial charge in [0.15, 0.2) is 0 Å². The Morgan fingerprint density at radius 1 is 1.25 bits per heavy atom. The topological polar surface area (TPSA) is 55.1 Å². The van der Waals surface area contributed by atoms with Gasteiger partial charge in [0.1, 0.15) is 6.29 Å². The number of carbonyl (C=O) groups excluding carboxylic acids is 1. The molecule has 0 aliphatic heterocycles. The first kappa shape index (κ1) is 8.33. The van der Waals surface area contributed by atoms with E-state index in [0.29, 0.717) is 5.56 Å². The molecule has 1 rings (SSSR count). The van der Waals surface area contributed by atoms with Crippen molar-refractivity contribution in [3.05, 3.63) is 42.2 Å². The summed E-state index contributed by atoms with van der Waals surface area (Å²) in [6, 6.07) is 7.09. The summed E-state index contributed by atoms with van der Waals surface area (Å²) in [5, 5.41) is 2.92. The van der Waals surface area contributed by atoms with Gasteiger partial charge in [-0.1, -0.05) is 0 Å². The Morgan fingerprint density at radius 2 is 1.92 bits per heavy atom. The fraction of sp³-hybridized carbons (Fsp3) is 0. The van der Waals surface area contributed by atoms with Crippen molar-refractivity contribution in [2.45, 2.75) is 0 Å². The molecule has 62 valence electrons. The maximum absolute atomic E-state index is 10.3. The lowest BCUT2D eigenvalue weighted by atomic mass is 10.2. The molecule has 0 aliphatic carbocycles. The molecule has 0 aliphatic rings. The lowest BCUT2D eigenvalue weighted by Crippen LogP contribution is -1.89. The minimum Gasteiger partial charge on any atom is -0.403 e. The molecule has 0 aromatic heterocycles. The second-order valence-corrected chi connectivity index (χ2v) is 2.24. The van der Waals surface area contributed by atoms with E-state index in [1.807, 2.05) is 12.1 Å². The van der Waals surface area contributed by atoms with Crippen LogP contribution in [-0.2, 0) is 0 Å². The molecule has 0 bridgehead atoms. The van der Waals surface area contributed by atoms with Crippen molar-refractivity contribution in [2.24, 2.45) is 5.73 Å². The van der Waals surface area contributed by atoms with E-state index in [2.05, 4.69) is 5.32 Å². The van der Waals surface area contributed by atoms with Gasteiger partial charge in [0.2, 0.25) is 0 Å². The van der Waals surface area contributed by atoms with E-state index < -0.39 is 0 Å². The van der Waals surface area contributed by atoms with Gasteiger partial charge in [-0.15, -0.1) is 0 Å². The third kappa shape index (κ3) is 2.12. The maximum Gasteiger partial charge on any atom is 0.150 e. The van der Waals surface area contributed by atoms with Gasteiger partial charge in [0.25, 0.3) is 0 Å². The zero-order valence-corrected chi connectivity index (χ0v) is 6.53. The second-order valence-electron chi connectivity index (χ2n) is 2.24. The number of nitrogens with one attached hydrogen (secondary N) is 1. The van der Waals surface area contributed by atoms with Crippen LogP contribution in [0.5, 0.6) is 0 Å². The van der Waals surface area contributed by atoms with E-state index in [9.17, 15) is 4.79 Å². The number of benzene rings is 1. The van der Waals surface area contributed by atoms with Gasteiger partial charge in [0.05, 0.1) is 0 Å². The van der Waals surface area contributed by atoms with E-state index in [1.54, 1.807) is 18.3 Å². The minimum atomic E-state index is 0.664. The van der Waals surface area contributed by atoms with Crippen LogP contribution < -0.4 is 11.1 Å². The molecule has 1 aromatic carbocycles. The summed E-state index contributed by atoms with van der Waals surface area (Å²) in [4.78, 5) is 10.3. The maximum atomic E-state index is 10.3. The highest BCUT2D eigenvalue weighted by Gasteiger charge is 1.89. The molecule has 12 heavy (non-hydrogen) atoms. The van der Waals surface area contributed by atoms with Crippen LogP contribution in [-0.4, -0.2) is 6.29 Å². The number of rotatable bonds is 3. The van der Waals surface area contributed by atoms with Gasteiger partial charge in [-0.3, -0.25) is 4.79 Å². The molecule has 0 amide bonds. The van der Waals surface area contributed by atoms with Gasteiger partial charge in [-0.05, 0) is 24.3 Å². The zero-order valence-electron chi connectivity index (χ0n) is 6.53. The van der Waals surface area contributed by atoms with Crippen LogP contribution in [0, 0.1) is 0 Å². The van der Waals surface area contributed by atoms with Crippen LogP contribution in [0.2, 0.25) is 0 Å². The fourth-order valence-electron chi connectivity index (χ4n) is 0.802. The van der Waals surface area contributed by atoms with Gasteiger partial charge in [0, 0.05) is 23.7 Å². The molecule has 0 saturated carbocycles. The summed E-state index contributed by atoms with van der Waals surface area (Å²) < 4.78 is 0. The first-order valence-corrected chi connectivity index (χ1v) is 3.55. The summed E-state index contributed by atoms with van der Waals surface area (Å²) in [6.07, 6.45) is 3.84. The molecule has 0 saturated heterocycles. The molecule has 0 atom stereocenters. The first-order valence-electron chi connectivity index (χ1n) is 3.55. The Kier molecular flexibility index (Phi) is 2.90. The van der Waals surface area contributed by atoms with E-state index in [-0.39, 0.29) is 0 Å². The number of hydrogen-bond donors (Lipinski definition) is 2. The number of anilines is 1. The number of hydrogen-bond acceptors (Lipinski definition) is 3. The van der Waals surface area contributed by atoms with Crippen LogP contribution in [0.15, 0.2) is 36.7 Å². The Labute approximate surface area is 70.9 Å².